The van der Waals surface area contributed by atoms with Crippen LogP contribution in [0, 0.1) is 0 Å². The molecule has 0 radical (unpaired) electrons. The first-order valence-electron chi connectivity index (χ1n) is 5.80. The van der Waals surface area contributed by atoms with E-state index >= 15 is 0 Å². The number of hydrogen-bond donors (Lipinski definition) is 1. The van der Waals surface area contributed by atoms with Gasteiger partial charge in [-0.1, -0.05) is 23.2 Å². The Hall–Kier alpha value is -0.770. The third-order valence-corrected chi connectivity index (χ3v) is 3.87. The minimum atomic E-state index is 0.467. The molecular weight excluding hydrogens is 257 g/mol. The molecule has 1 N–H and O–H groups in total. The molecule has 0 atom stereocenters. The molecule has 0 amide bonds. The van der Waals surface area contributed by atoms with Crippen LogP contribution in [-0.2, 0) is 0 Å². The van der Waals surface area contributed by atoms with Gasteiger partial charge in [0, 0.05) is 12.1 Å². The second-order valence-electron chi connectivity index (χ2n) is 4.36. The summed E-state index contributed by atoms with van der Waals surface area (Å²) in [5.41, 5.74) is 0.823. The van der Waals surface area contributed by atoms with Gasteiger partial charge in [-0.25, -0.2) is 4.98 Å². The van der Waals surface area contributed by atoms with Crippen molar-refractivity contribution in [3.8, 4) is 0 Å². The lowest BCUT2D eigenvalue weighted by atomic mass is 9.97. The second kappa shape index (κ2) is 4.48. The van der Waals surface area contributed by atoms with Crippen molar-refractivity contribution in [2.45, 2.75) is 18.8 Å². The molecule has 0 aliphatic carbocycles. The summed E-state index contributed by atoms with van der Waals surface area (Å²) in [6.45, 7) is 2.08. The summed E-state index contributed by atoms with van der Waals surface area (Å²) in [6.07, 6.45) is 4.18. The van der Waals surface area contributed by atoms with E-state index in [0.717, 1.165) is 37.3 Å². The van der Waals surface area contributed by atoms with Crippen molar-refractivity contribution in [2.75, 3.05) is 13.1 Å². The molecule has 3 heterocycles. The van der Waals surface area contributed by atoms with Gasteiger partial charge in [-0.15, -0.1) is 0 Å². The lowest BCUT2D eigenvalue weighted by molar-refractivity contribution is 0.444. The van der Waals surface area contributed by atoms with E-state index in [-0.39, 0.29) is 0 Å². The number of imidazole rings is 1. The molecule has 90 valence electrons. The lowest BCUT2D eigenvalue weighted by Gasteiger charge is -2.21. The molecule has 2 aromatic rings. The quantitative estimate of drug-likeness (QED) is 0.862. The molecule has 5 heteroatoms. The van der Waals surface area contributed by atoms with E-state index in [9.17, 15) is 0 Å². The molecule has 17 heavy (non-hydrogen) atoms. The van der Waals surface area contributed by atoms with Crippen LogP contribution in [0.2, 0.25) is 10.2 Å². The zero-order chi connectivity index (χ0) is 11.8. The monoisotopic (exact) mass is 269 g/mol. The Kier molecular flexibility index (Phi) is 2.99. The number of halogens is 2. The first kappa shape index (κ1) is 11.3. The number of nitrogens with one attached hydrogen (secondary N) is 1. The highest BCUT2D eigenvalue weighted by Crippen LogP contribution is 2.31. The predicted molar refractivity (Wildman–Crippen MR) is 70.1 cm³/mol. The fourth-order valence-electron chi connectivity index (χ4n) is 2.45. The first-order valence-corrected chi connectivity index (χ1v) is 6.55. The summed E-state index contributed by atoms with van der Waals surface area (Å²) >= 11 is 12.3. The fraction of sp³-hybridized carbons (Fsp3) is 0.417. The summed E-state index contributed by atoms with van der Waals surface area (Å²) in [7, 11) is 0. The number of piperidine rings is 1. The Morgan fingerprint density at radius 1 is 1.29 bits per heavy atom. The SMILES string of the molecule is Clc1cccn2c(C3CCNCC3)nc(Cl)c12. The van der Waals surface area contributed by atoms with E-state index in [4.69, 9.17) is 23.2 Å². The molecule has 0 aromatic carbocycles. The van der Waals surface area contributed by atoms with E-state index < -0.39 is 0 Å². The molecule has 2 aromatic heterocycles. The van der Waals surface area contributed by atoms with Gasteiger partial charge in [0.25, 0.3) is 0 Å². The topological polar surface area (TPSA) is 29.3 Å². The molecule has 3 rings (SSSR count). The zero-order valence-corrected chi connectivity index (χ0v) is 10.8. The highest BCUT2D eigenvalue weighted by atomic mass is 35.5. The van der Waals surface area contributed by atoms with Gasteiger partial charge in [-0.2, -0.15) is 0 Å². The van der Waals surface area contributed by atoms with Gasteiger partial charge in [0.05, 0.1) is 5.02 Å². The van der Waals surface area contributed by atoms with E-state index in [1.54, 1.807) is 0 Å². The van der Waals surface area contributed by atoms with Crippen LogP contribution in [0.1, 0.15) is 24.6 Å². The summed E-state index contributed by atoms with van der Waals surface area (Å²) in [6, 6.07) is 3.77. The normalized spacial score (nSPS) is 17.8. The smallest absolute Gasteiger partial charge is 0.156 e. The number of aromatic nitrogens is 2. The molecule has 0 saturated carbocycles. The molecule has 1 aliphatic rings. The average molecular weight is 270 g/mol. The van der Waals surface area contributed by atoms with Gasteiger partial charge in [0.1, 0.15) is 11.3 Å². The van der Waals surface area contributed by atoms with Crippen LogP contribution in [0.25, 0.3) is 5.52 Å². The fourth-order valence-corrected chi connectivity index (χ4v) is 3.03. The molecule has 0 unspecified atom stereocenters. The standard InChI is InChI=1S/C12H13Cl2N3/c13-9-2-1-7-17-10(9)11(14)16-12(17)8-3-5-15-6-4-8/h1-2,7-8,15H,3-6H2. The Bertz CT molecular complexity index is 544. The molecule has 1 aliphatic heterocycles. The third kappa shape index (κ3) is 1.92. The maximum Gasteiger partial charge on any atom is 0.156 e. The van der Waals surface area contributed by atoms with Gasteiger partial charge in [0.2, 0.25) is 0 Å². The summed E-state index contributed by atoms with van der Waals surface area (Å²) in [5.74, 6) is 1.50. The van der Waals surface area contributed by atoms with Crippen molar-refractivity contribution < 1.29 is 0 Å². The Morgan fingerprint density at radius 2 is 2.06 bits per heavy atom. The van der Waals surface area contributed by atoms with E-state index in [2.05, 4.69) is 10.3 Å². The molecule has 1 fully saturated rings. The van der Waals surface area contributed by atoms with Crippen molar-refractivity contribution in [3.63, 3.8) is 0 Å². The number of hydrogen-bond acceptors (Lipinski definition) is 2. The lowest BCUT2D eigenvalue weighted by Crippen LogP contribution is -2.27. The Balaban J connectivity index is 2.13. The van der Waals surface area contributed by atoms with Crippen LogP contribution >= 0.6 is 23.2 Å². The number of rotatable bonds is 1. The van der Waals surface area contributed by atoms with Gasteiger partial charge in [0.15, 0.2) is 5.15 Å². The van der Waals surface area contributed by atoms with Crippen molar-refractivity contribution in [1.29, 1.82) is 0 Å². The number of fused-ring (bicyclic) bond motifs is 1. The van der Waals surface area contributed by atoms with Gasteiger partial charge in [-0.05, 0) is 38.1 Å². The van der Waals surface area contributed by atoms with Crippen molar-refractivity contribution in [2.24, 2.45) is 0 Å². The third-order valence-electron chi connectivity index (χ3n) is 3.30. The molecule has 3 nitrogen and oxygen atoms in total. The summed E-state index contributed by atoms with van der Waals surface area (Å²) in [5, 5.41) is 4.52. The summed E-state index contributed by atoms with van der Waals surface area (Å²) in [4.78, 5) is 4.49. The van der Waals surface area contributed by atoms with Crippen LogP contribution in [-0.4, -0.2) is 22.5 Å². The van der Waals surface area contributed by atoms with Crippen molar-refractivity contribution >= 4 is 28.7 Å². The largest absolute Gasteiger partial charge is 0.317 e. The van der Waals surface area contributed by atoms with Crippen molar-refractivity contribution in [3.05, 3.63) is 34.3 Å². The number of pyridine rings is 1. The molecule has 1 saturated heterocycles. The molecule has 0 bridgehead atoms. The van der Waals surface area contributed by atoms with Crippen LogP contribution in [0.4, 0.5) is 0 Å². The molecule has 0 spiro atoms. The van der Waals surface area contributed by atoms with Crippen LogP contribution in [0.5, 0.6) is 0 Å². The highest BCUT2D eigenvalue weighted by molar-refractivity contribution is 6.39. The minimum Gasteiger partial charge on any atom is -0.317 e. The second-order valence-corrected chi connectivity index (χ2v) is 5.13. The Labute approximate surface area is 110 Å². The first-order chi connectivity index (χ1) is 8.27. The van der Waals surface area contributed by atoms with E-state index in [0.29, 0.717) is 16.1 Å². The van der Waals surface area contributed by atoms with Gasteiger partial charge < -0.3 is 9.72 Å². The Morgan fingerprint density at radius 3 is 2.82 bits per heavy atom. The minimum absolute atomic E-state index is 0.467. The van der Waals surface area contributed by atoms with Crippen LogP contribution in [0.15, 0.2) is 18.3 Å². The maximum atomic E-state index is 6.17. The highest BCUT2D eigenvalue weighted by Gasteiger charge is 2.22. The van der Waals surface area contributed by atoms with Crippen LogP contribution in [0.3, 0.4) is 0 Å². The van der Waals surface area contributed by atoms with Crippen molar-refractivity contribution in [1.82, 2.24) is 14.7 Å². The van der Waals surface area contributed by atoms with Gasteiger partial charge in [-0.3, -0.25) is 0 Å². The molecular formula is C12H13Cl2N3. The van der Waals surface area contributed by atoms with E-state index in [1.165, 1.54) is 0 Å². The van der Waals surface area contributed by atoms with Gasteiger partial charge >= 0.3 is 0 Å². The maximum absolute atomic E-state index is 6.17. The zero-order valence-electron chi connectivity index (χ0n) is 9.29. The predicted octanol–water partition coefficient (Wildman–Crippen LogP) is 3.11. The van der Waals surface area contributed by atoms with Crippen LogP contribution < -0.4 is 5.32 Å². The average Bonchev–Trinajstić information content (AvgIpc) is 2.69. The number of nitrogens with zero attached hydrogens (tertiary/aromatic N) is 2. The summed E-state index contributed by atoms with van der Waals surface area (Å²) < 4.78 is 2.03. The van der Waals surface area contributed by atoms with E-state index in [1.807, 2.05) is 22.7 Å².